The summed E-state index contributed by atoms with van der Waals surface area (Å²) in [5.41, 5.74) is -0.843. The number of pyridine rings is 1. The van der Waals surface area contributed by atoms with Gasteiger partial charge in [-0.15, -0.1) is 10.2 Å². The second kappa shape index (κ2) is 13.1. The second-order valence-electron chi connectivity index (χ2n) is 9.89. The molecule has 1 fully saturated rings. The SMILES string of the molecule is CCOC(=O)c1ccncc1-n1nc(Cn2nc(-c3ccc(Cl)cc3)n(CC(O)C(F)(F)F)c2=O)nc1C(=O)N1CCNC(=O)C1. The van der Waals surface area contributed by atoms with Crippen molar-refractivity contribution in [3.05, 3.63) is 75.4 Å². The zero-order valence-corrected chi connectivity index (χ0v) is 24.7. The summed E-state index contributed by atoms with van der Waals surface area (Å²) < 4.78 is 47.4. The van der Waals surface area contributed by atoms with Crippen molar-refractivity contribution in [1.29, 1.82) is 0 Å². The van der Waals surface area contributed by atoms with Crippen LogP contribution in [0.3, 0.4) is 0 Å². The Hall–Kier alpha value is -5.10. The number of carbonyl (C=O) groups excluding carboxylic acids is 3. The number of aliphatic hydroxyl groups excluding tert-OH is 1. The summed E-state index contributed by atoms with van der Waals surface area (Å²) in [5, 5.41) is 21.2. The summed E-state index contributed by atoms with van der Waals surface area (Å²) in [6.45, 7) is -0.0293. The van der Waals surface area contributed by atoms with Gasteiger partial charge in [-0.25, -0.2) is 23.9 Å². The maximum absolute atomic E-state index is 13.6. The second-order valence-corrected chi connectivity index (χ2v) is 10.3. The summed E-state index contributed by atoms with van der Waals surface area (Å²) >= 11 is 5.94. The number of piperazine rings is 1. The molecule has 15 nitrogen and oxygen atoms in total. The maximum atomic E-state index is 13.6. The lowest BCUT2D eigenvalue weighted by Gasteiger charge is -2.26. The fourth-order valence-corrected chi connectivity index (χ4v) is 4.68. The Balaban J connectivity index is 1.60. The van der Waals surface area contributed by atoms with E-state index in [0.717, 1.165) is 9.36 Å². The van der Waals surface area contributed by atoms with E-state index >= 15 is 0 Å². The Kier molecular flexibility index (Phi) is 9.19. The molecule has 3 aromatic heterocycles. The van der Waals surface area contributed by atoms with Crippen molar-refractivity contribution in [3.63, 3.8) is 0 Å². The van der Waals surface area contributed by atoms with Crippen LogP contribution in [0.4, 0.5) is 13.2 Å². The number of alkyl halides is 3. The molecule has 1 aliphatic rings. The average Bonchev–Trinajstić information content (AvgIpc) is 3.57. The lowest BCUT2D eigenvalue weighted by Crippen LogP contribution is -2.50. The number of benzene rings is 1. The van der Waals surface area contributed by atoms with Gasteiger partial charge in [-0.05, 0) is 37.3 Å². The van der Waals surface area contributed by atoms with Gasteiger partial charge in [0.05, 0.1) is 24.9 Å². The Bertz CT molecular complexity index is 1840. The molecule has 1 atom stereocenters. The van der Waals surface area contributed by atoms with Gasteiger partial charge in [-0.2, -0.15) is 13.2 Å². The molecule has 242 valence electrons. The lowest BCUT2D eigenvalue weighted by atomic mass is 10.2. The first-order valence-electron chi connectivity index (χ1n) is 13.7. The third-order valence-corrected chi connectivity index (χ3v) is 6.99. The monoisotopic (exact) mass is 663 g/mol. The number of nitrogens with zero attached hydrogens (tertiary/aromatic N) is 8. The molecule has 5 rings (SSSR count). The molecule has 0 spiro atoms. The van der Waals surface area contributed by atoms with E-state index in [-0.39, 0.29) is 60.5 Å². The highest BCUT2D eigenvalue weighted by Gasteiger charge is 2.39. The number of hydrogen-bond acceptors (Lipinski definition) is 10. The van der Waals surface area contributed by atoms with Crippen LogP contribution in [0, 0.1) is 0 Å². The van der Waals surface area contributed by atoms with E-state index in [9.17, 15) is 37.5 Å². The minimum absolute atomic E-state index is 0.00228. The molecular formula is C27H25ClF3N9O6. The highest BCUT2D eigenvalue weighted by Crippen LogP contribution is 2.24. The molecule has 19 heteroatoms. The smallest absolute Gasteiger partial charge is 0.416 e. The third-order valence-electron chi connectivity index (χ3n) is 6.74. The van der Waals surface area contributed by atoms with Gasteiger partial charge in [-0.3, -0.25) is 19.1 Å². The van der Waals surface area contributed by atoms with Crippen molar-refractivity contribution >= 4 is 29.4 Å². The number of hydrogen-bond donors (Lipinski definition) is 2. The predicted octanol–water partition coefficient (Wildman–Crippen LogP) is 1.06. The standard InChI is InChI=1S/C27H25ClF3N9O6/c1-2-46-25(44)17-7-8-32-11-18(17)40-23(24(43)37-10-9-33-21(42)14-37)34-20(35-40)13-39-26(45)38(12-19(41)27(29,30)31)22(36-39)15-3-5-16(28)6-4-15/h3-8,11,19,41H,2,9-10,12-14H2,1H3,(H,33,42). The van der Waals surface area contributed by atoms with Crippen LogP contribution in [0.5, 0.6) is 0 Å². The van der Waals surface area contributed by atoms with E-state index in [4.69, 9.17) is 16.3 Å². The van der Waals surface area contributed by atoms with Gasteiger partial charge in [0.15, 0.2) is 17.8 Å². The number of halogens is 4. The summed E-state index contributed by atoms with van der Waals surface area (Å²) in [6.07, 6.45) is -5.35. The molecule has 0 aliphatic carbocycles. The minimum Gasteiger partial charge on any atom is -0.462 e. The predicted molar refractivity (Wildman–Crippen MR) is 152 cm³/mol. The van der Waals surface area contributed by atoms with Crippen LogP contribution in [-0.4, -0.2) is 100 Å². The quantitative estimate of drug-likeness (QED) is 0.246. The fourth-order valence-electron chi connectivity index (χ4n) is 4.55. The topological polar surface area (TPSA) is 179 Å². The van der Waals surface area contributed by atoms with Crippen LogP contribution in [0.25, 0.3) is 17.1 Å². The highest BCUT2D eigenvalue weighted by atomic mass is 35.5. The van der Waals surface area contributed by atoms with Crippen LogP contribution in [0.15, 0.2) is 47.5 Å². The van der Waals surface area contributed by atoms with E-state index in [0.29, 0.717) is 9.59 Å². The van der Waals surface area contributed by atoms with Gasteiger partial charge in [0.25, 0.3) is 5.91 Å². The normalized spacial score (nSPS) is 14.2. The molecule has 0 saturated carbocycles. The summed E-state index contributed by atoms with van der Waals surface area (Å²) in [5.74, 6) is -2.65. The Morgan fingerprint density at radius 3 is 2.57 bits per heavy atom. The number of amides is 2. The number of ether oxygens (including phenoxy) is 1. The van der Waals surface area contributed by atoms with Gasteiger partial charge in [-0.1, -0.05) is 11.6 Å². The van der Waals surface area contributed by atoms with Gasteiger partial charge in [0.2, 0.25) is 11.7 Å². The first-order chi connectivity index (χ1) is 21.9. The zero-order chi connectivity index (χ0) is 33.2. The maximum Gasteiger partial charge on any atom is 0.416 e. The van der Waals surface area contributed by atoms with Crippen LogP contribution in [0.1, 0.15) is 33.7 Å². The fraction of sp³-hybridized carbons (Fsp3) is 0.333. The molecule has 1 aromatic carbocycles. The number of aliphatic hydroxyl groups is 1. The number of rotatable bonds is 9. The summed E-state index contributed by atoms with van der Waals surface area (Å²) in [4.78, 5) is 61.3. The summed E-state index contributed by atoms with van der Waals surface area (Å²) in [6, 6.07) is 7.10. The van der Waals surface area contributed by atoms with Crippen molar-refractivity contribution in [3.8, 4) is 17.1 Å². The number of nitrogens with one attached hydrogen (secondary N) is 1. The van der Waals surface area contributed by atoms with Crippen molar-refractivity contribution < 1.29 is 37.4 Å². The molecule has 1 unspecified atom stereocenters. The largest absolute Gasteiger partial charge is 0.462 e. The number of carbonyl (C=O) groups is 3. The van der Waals surface area contributed by atoms with Crippen LogP contribution in [0.2, 0.25) is 5.02 Å². The molecule has 4 heterocycles. The first-order valence-corrected chi connectivity index (χ1v) is 14.1. The van der Waals surface area contributed by atoms with Crippen molar-refractivity contribution in [1.82, 2.24) is 44.3 Å². The average molecular weight is 664 g/mol. The Morgan fingerprint density at radius 2 is 1.89 bits per heavy atom. The first kappa shape index (κ1) is 32.3. The zero-order valence-electron chi connectivity index (χ0n) is 23.9. The van der Waals surface area contributed by atoms with Crippen molar-refractivity contribution in [2.45, 2.75) is 32.3 Å². The van der Waals surface area contributed by atoms with E-state index < -0.39 is 48.8 Å². The molecule has 4 aromatic rings. The molecule has 1 saturated heterocycles. The van der Waals surface area contributed by atoms with E-state index in [1.54, 1.807) is 6.92 Å². The number of aromatic nitrogens is 7. The van der Waals surface area contributed by atoms with Gasteiger partial charge in [0, 0.05) is 29.9 Å². The van der Waals surface area contributed by atoms with Gasteiger partial charge >= 0.3 is 17.8 Å². The summed E-state index contributed by atoms with van der Waals surface area (Å²) in [7, 11) is 0. The highest BCUT2D eigenvalue weighted by molar-refractivity contribution is 6.30. The Labute approximate surface area is 262 Å². The lowest BCUT2D eigenvalue weighted by molar-refractivity contribution is -0.207. The Morgan fingerprint density at radius 1 is 1.15 bits per heavy atom. The molecule has 1 aliphatic heterocycles. The van der Waals surface area contributed by atoms with Crippen LogP contribution >= 0.6 is 11.6 Å². The van der Waals surface area contributed by atoms with Gasteiger partial charge in [0.1, 0.15) is 18.8 Å². The van der Waals surface area contributed by atoms with Crippen molar-refractivity contribution in [2.75, 3.05) is 26.2 Å². The van der Waals surface area contributed by atoms with E-state index in [1.165, 1.54) is 47.6 Å². The van der Waals surface area contributed by atoms with Crippen LogP contribution in [-0.2, 0) is 22.6 Å². The van der Waals surface area contributed by atoms with Crippen molar-refractivity contribution in [2.24, 2.45) is 0 Å². The molecule has 2 N–H and O–H groups in total. The molecule has 0 bridgehead atoms. The van der Waals surface area contributed by atoms with E-state index in [2.05, 4.69) is 25.5 Å². The molecule has 46 heavy (non-hydrogen) atoms. The molecular weight excluding hydrogens is 639 g/mol. The number of esters is 1. The van der Waals surface area contributed by atoms with Crippen LogP contribution < -0.4 is 11.0 Å². The molecule has 2 amide bonds. The van der Waals surface area contributed by atoms with Gasteiger partial charge < -0.3 is 20.1 Å². The minimum atomic E-state index is -5.03. The van der Waals surface area contributed by atoms with E-state index in [1.807, 2.05) is 0 Å². The molecule has 0 radical (unpaired) electrons. The third kappa shape index (κ3) is 6.76.